The van der Waals surface area contributed by atoms with Crippen molar-refractivity contribution in [3.8, 4) is 0 Å². The van der Waals surface area contributed by atoms with Gasteiger partial charge in [0, 0.05) is 13.1 Å². The molecule has 0 bridgehead atoms. The molecule has 1 N–H and O–H groups in total. The van der Waals surface area contributed by atoms with E-state index in [0.717, 1.165) is 16.1 Å². The fourth-order valence-corrected chi connectivity index (χ4v) is 4.74. The van der Waals surface area contributed by atoms with Gasteiger partial charge in [-0.2, -0.15) is 0 Å². The van der Waals surface area contributed by atoms with Gasteiger partial charge >= 0.3 is 0 Å². The quantitative estimate of drug-likeness (QED) is 0.448. The predicted molar refractivity (Wildman–Crippen MR) is 142 cm³/mol. The molecule has 1 atom stereocenters. The average molecular weight is 543 g/mol. The van der Waals surface area contributed by atoms with Gasteiger partial charge in [-0.05, 0) is 54.7 Å². The zero-order chi connectivity index (χ0) is 26.3. The maximum Gasteiger partial charge on any atom is 0.244 e. The average Bonchev–Trinajstić information content (AvgIpc) is 2.77. The van der Waals surface area contributed by atoms with Crippen LogP contribution in [0.5, 0.6) is 0 Å². The molecule has 7 nitrogen and oxygen atoms in total. The highest BCUT2D eigenvalue weighted by Gasteiger charge is 2.31. The fourth-order valence-electron chi connectivity index (χ4n) is 3.57. The Morgan fingerprint density at radius 3 is 2.29 bits per heavy atom. The number of amides is 2. The number of carbonyl (C=O) groups excluding carboxylic acids is 2. The molecule has 0 unspecified atom stereocenters. The van der Waals surface area contributed by atoms with E-state index in [-0.39, 0.29) is 18.4 Å². The largest absolute Gasteiger partial charge is 0.354 e. The first-order valence-electron chi connectivity index (χ1n) is 11.4. The van der Waals surface area contributed by atoms with Crippen molar-refractivity contribution < 1.29 is 18.0 Å². The van der Waals surface area contributed by atoms with Gasteiger partial charge in [0.15, 0.2) is 0 Å². The minimum absolute atomic E-state index is 0.0642. The summed E-state index contributed by atoms with van der Waals surface area (Å²) in [7, 11) is -3.78. The number of rotatable bonds is 11. The van der Waals surface area contributed by atoms with E-state index in [0.29, 0.717) is 34.3 Å². The lowest BCUT2D eigenvalue weighted by Crippen LogP contribution is -2.52. The van der Waals surface area contributed by atoms with Crippen LogP contribution in [0.3, 0.4) is 0 Å². The van der Waals surface area contributed by atoms with Crippen LogP contribution >= 0.6 is 23.2 Å². The molecule has 192 valence electrons. The summed E-state index contributed by atoms with van der Waals surface area (Å²) in [5.74, 6) is -0.566. The van der Waals surface area contributed by atoms with Crippen LogP contribution in [0.2, 0.25) is 10.0 Å². The van der Waals surface area contributed by atoms with Gasteiger partial charge in [-0.15, -0.1) is 0 Å². The summed E-state index contributed by atoms with van der Waals surface area (Å²) in [4.78, 5) is 28.1. The van der Waals surface area contributed by atoms with Gasteiger partial charge in [-0.3, -0.25) is 13.9 Å². The molecule has 0 aliphatic rings. The van der Waals surface area contributed by atoms with E-state index in [9.17, 15) is 18.0 Å². The van der Waals surface area contributed by atoms with Crippen LogP contribution in [-0.2, 0) is 26.2 Å². The van der Waals surface area contributed by atoms with Crippen LogP contribution in [0.1, 0.15) is 38.3 Å². The second kappa shape index (κ2) is 12.6. The number of carbonyl (C=O) groups is 2. The monoisotopic (exact) mass is 541 g/mol. The van der Waals surface area contributed by atoms with E-state index in [1.165, 1.54) is 4.90 Å². The summed E-state index contributed by atoms with van der Waals surface area (Å²) < 4.78 is 26.3. The molecule has 35 heavy (non-hydrogen) atoms. The summed E-state index contributed by atoms with van der Waals surface area (Å²) >= 11 is 12.2. The van der Waals surface area contributed by atoms with Crippen molar-refractivity contribution in [3.05, 3.63) is 63.6 Å². The standard InChI is InChI=1S/C25H33Cl2N3O4S/c1-6-23(25(32)28-14-17(2)3)29(15-19-10-11-21(26)22(27)13-19)24(31)16-30(35(5,33)34)20-9-7-8-18(4)12-20/h7-13,17,23H,6,14-16H2,1-5H3,(H,28,32)/t23-/m1/s1. The van der Waals surface area contributed by atoms with Crippen LogP contribution in [0.15, 0.2) is 42.5 Å². The van der Waals surface area contributed by atoms with E-state index in [1.54, 1.807) is 36.4 Å². The summed E-state index contributed by atoms with van der Waals surface area (Å²) in [6, 6.07) is 11.1. The molecule has 0 heterocycles. The smallest absolute Gasteiger partial charge is 0.244 e. The number of nitrogens with one attached hydrogen (secondary N) is 1. The summed E-state index contributed by atoms with van der Waals surface area (Å²) in [5.41, 5.74) is 1.91. The van der Waals surface area contributed by atoms with Crippen LogP contribution in [0, 0.1) is 12.8 Å². The van der Waals surface area contributed by atoms with E-state index in [2.05, 4.69) is 5.32 Å². The Labute approximate surface area is 218 Å². The molecule has 0 saturated carbocycles. The lowest BCUT2D eigenvalue weighted by atomic mass is 10.1. The Kier molecular flexibility index (Phi) is 10.4. The third kappa shape index (κ3) is 8.40. The molecule has 0 radical (unpaired) electrons. The number of nitrogens with zero attached hydrogens (tertiary/aromatic N) is 2. The molecule has 2 aromatic carbocycles. The molecular weight excluding hydrogens is 509 g/mol. The van der Waals surface area contributed by atoms with Gasteiger partial charge in [0.05, 0.1) is 22.0 Å². The van der Waals surface area contributed by atoms with Crippen molar-refractivity contribution in [1.29, 1.82) is 0 Å². The van der Waals surface area contributed by atoms with Gasteiger partial charge in [-0.1, -0.05) is 62.2 Å². The number of sulfonamides is 1. The third-order valence-electron chi connectivity index (χ3n) is 5.38. The molecule has 0 fully saturated rings. The zero-order valence-electron chi connectivity index (χ0n) is 20.7. The molecule has 0 aromatic heterocycles. The van der Waals surface area contributed by atoms with E-state index >= 15 is 0 Å². The SMILES string of the molecule is CC[C@H](C(=O)NCC(C)C)N(Cc1ccc(Cl)c(Cl)c1)C(=O)CN(c1cccc(C)c1)S(C)(=O)=O. The van der Waals surface area contributed by atoms with Crippen molar-refractivity contribution in [2.24, 2.45) is 5.92 Å². The lowest BCUT2D eigenvalue weighted by Gasteiger charge is -2.33. The minimum Gasteiger partial charge on any atom is -0.354 e. The molecule has 2 amide bonds. The van der Waals surface area contributed by atoms with Gasteiger partial charge in [0.25, 0.3) is 0 Å². The van der Waals surface area contributed by atoms with Gasteiger partial charge in [-0.25, -0.2) is 8.42 Å². The summed E-state index contributed by atoms with van der Waals surface area (Å²) in [5, 5.41) is 3.58. The van der Waals surface area contributed by atoms with Gasteiger partial charge in [0.1, 0.15) is 12.6 Å². The van der Waals surface area contributed by atoms with E-state index < -0.39 is 28.5 Å². The number of hydrogen-bond donors (Lipinski definition) is 1. The Bertz CT molecular complexity index is 1160. The number of aryl methyl sites for hydroxylation is 1. The predicted octanol–water partition coefficient (Wildman–Crippen LogP) is 4.65. The summed E-state index contributed by atoms with van der Waals surface area (Å²) in [6.45, 7) is 7.69. The molecule has 0 aliphatic heterocycles. The molecule has 2 rings (SSSR count). The Morgan fingerprint density at radius 2 is 1.74 bits per heavy atom. The Morgan fingerprint density at radius 1 is 1.06 bits per heavy atom. The van der Waals surface area contributed by atoms with Crippen molar-refractivity contribution in [3.63, 3.8) is 0 Å². The molecule has 10 heteroatoms. The van der Waals surface area contributed by atoms with E-state index in [1.807, 2.05) is 33.8 Å². The highest BCUT2D eigenvalue weighted by atomic mass is 35.5. The van der Waals surface area contributed by atoms with Gasteiger partial charge < -0.3 is 10.2 Å². The Balaban J connectivity index is 2.44. The lowest BCUT2D eigenvalue weighted by molar-refractivity contribution is -0.140. The number of hydrogen-bond acceptors (Lipinski definition) is 4. The van der Waals surface area contributed by atoms with Crippen LogP contribution < -0.4 is 9.62 Å². The number of benzene rings is 2. The van der Waals surface area contributed by atoms with Crippen molar-refractivity contribution in [2.75, 3.05) is 23.7 Å². The molecule has 0 aliphatic carbocycles. The minimum atomic E-state index is -3.78. The third-order valence-corrected chi connectivity index (χ3v) is 7.26. The Hall–Kier alpha value is -2.29. The normalized spacial score (nSPS) is 12.3. The molecule has 2 aromatic rings. The molecule has 0 spiro atoms. The highest BCUT2D eigenvalue weighted by molar-refractivity contribution is 7.92. The van der Waals surface area contributed by atoms with Crippen LogP contribution in [0.25, 0.3) is 0 Å². The van der Waals surface area contributed by atoms with Crippen molar-refractivity contribution >= 4 is 50.7 Å². The first-order chi connectivity index (χ1) is 16.3. The summed E-state index contributed by atoms with van der Waals surface area (Å²) in [6.07, 6.45) is 1.40. The van der Waals surface area contributed by atoms with Crippen molar-refractivity contribution in [1.82, 2.24) is 10.2 Å². The number of halogens is 2. The topological polar surface area (TPSA) is 86.8 Å². The maximum atomic E-state index is 13.6. The van der Waals surface area contributed by atoms with Crippen molar-refractivity contribution in [2.45, 2.75) is 46.7 Å². The first kappa shape index (κ1) is 28.9. The van der Waals surface area contributed by atoms with Gasteiger partial charge in [0.2, 0.25) is 21.8 Å². The second-order valence-electron chi connectivity index (χ2n) is 8.94. The second-order valence-corrected chi connectivity index (χ2v) is 11.7. The first-order valence-corrected chi connectivity index (χ1v) is 14.0. The van der Waals surface area contributed by atoms with E-state index in [4.69, 9.17) is 23.2 Å². The number of anilines is 1. The highest BCUT2D eigenvalue weighted by Crippen LogP contribution is 2.25. The maximum absolute atomic E-state index is 13.6. The van der Waals surface area contributed by atoms with Crippen LogP contribution in [-0.4, -0.2) is 50.5 Å². The fraction of sp³-hybridized carbons (Fsp3) is 0.440. The zero-order valence-corrected chi connectivity index (χ0v) is 23.0. The molecule has 0 saturated heterocycles. The molecular formula is C25H33Cl2N3O4S. The van der Waals surface area contributed by atoms with Crippen LogP contribution in [0.4, 0.5) is 5.69 Å².